The third-order valence-corrected chi connectivity index (χ3v) is 7.00. The number of hydrogen-bond donors (Lipinski definition) is 3. The number of aryl methyl sites for hydroxylation is 2. The van der Waals surface area contributed by atoms with E-state index >= 15 is 0 Å². The quantitative estimate of drug-likeness (QED) is 0.133. The van der Waals surface area contributed by atoms with Crippen LogP contribution in [0, 0.1) is 0 Å². The smallest absolute Gasteiger partial charge is 0.328 e. The number of carboxylic acids is 1. The van der Waals surface area contributed by atoms with E-state index in [0.29, 0.717) is 6.42 Å². The normalized spacial score (nSPS) is 15.8. The molecule has 1 aromatic carbocycles. The number of nitrogens with zero attached hydrogens (tertiary/aromatic N) is 1. The van der Waals surface area contributed by atoms with Gasteiger partial charge in [-0.2, -0.15) is 0 Å². The Morgan fingerprint density at radius 1 is 1.03 bits per heavy atom. The van der Waals surface area contributed by atoms with Gasteiger partial charge in [-0.15, -0.1) is 0 Å². The largest absolute Gasteiger partial charge is 0.481 e. The Morgan fingerprint density at radius 2 is 1.59 bits per heavy atom. The van der Waals surface area contributed by atoms with Gasteiger partial charge in [-0.1, -0.05) is 56.9 Å². The van der Waals surface area contributed by atoms with E-state index in [9.17, 15) is 19.4 Å². The van der Waals surface area contributed by atoms with Gasteiger partial charge in [0, 0.05) is 0 Å². The molecule has 3 atom stereocenters. The van der Waals surface area contributed by atoms with Crippen LogP contribution in [-0.2, 0) is 26.7 Å². The Bertz CT molecular complexity index is 733. The van der Waals surface area contributed by atoms with Crippen LogP contribution < -0.4 is 0 Å². The van der Waals surface area contributed by atoms with Crippen LogP contribution >= 0.6 is 7.60 Å². The van der Waals surface area contributed by atoms with E-state index in [-0.39, 0.29) is 10.6 Å². The first-order valence-electron chi connectivity index (χ1n) is 11.7. The van der Waals surface area contributed by atoms with E-state index in [0.717, 1.165) is 25.7 Å². The number of unbranched alkanes of at least 4 members (excludes halogenated alkanes) is 5. The van der Waals surface area contributed by atoms with E-state index in [4.69, 9.17) is 9.63 Å². The minimum atomic E-state index is -4.00. The minimum absolute atomic E-state index is 0.00954. The van der Waals surface area contributed by atoms with Gasteiger partial charge in [0.2, 0.25) is 6.23 Å². The molecule has 0 spiro atoms. The predicted octanol–water partition coefficient (Wildman–Crippen LogP) is 4.59. The van der Waals surface area contributed by atoms with E-state index in [1.54, 1.807) is 21.1 Å². The van der Waals surface area contributed by atoms with Crippen molar-refractivity contribution in [2.75, 3.05) is 27.3 Å². The molecule has 1 aromatic rings. The summed E-state index contributed by atoms with van der Waals surface area (Å²) < 4.78 is 17.7. The second-order valence-electron chi connectivity index (χ2n) is 9.57. The number of rotatable bonds is 17. The molecular formula is C24H43NO6P+. The van der Waals surface area contributed by atoms with Gasteiger partial charge < -0.3 is 19.6 Å². The summed E-state index contributed by atoms with van der Waals surface area (Å²) in [4.78, 5) is 21.3. The number of hydrogen-bond acceptors (Lipinski definition) is 4. The summed E-state index contributed by atoms with van der Waals surface area (Å²) in [5.41, 5.74) is 2.65. The molecule has 0 radical (unpaired) electrons. The average molecular weight is 473 g/mol. The fraction of sp³-hybridized carbons (Fsp3) is 0.708. The average Bonchev–Trinajstić information content (AvgIpc) is 2.69. The molecule has 0 heterocycles. The molecule has 8 heteroatoms. The number of aliphatic carboxylic acids is 1. The summed E-state index contributed by atoms with van der Waals surface area (Å²) in [7, 11) is 1.02. The zero-order valence-corrected chi connectivity index (χ0v) is 21.1. The molecule has 0 aliphatic carbocycles. The number of benzene rings is 1. The number of carboxylic acid groups (broad SMARTS) is 1. The first-order chi connectivity index (χ1) is 14.9. The van der Waals surface area contributed by atoms with Gasteiger partial charge in [0.05, 0.1) is 33.7 Å². The molecule has 0 fully saturated rings. The molecule has 32 heavy (non-hydrogen) atoms. The highest BCUT2D eigenvalue weighted by Gasteiger charge is 2.38. The maximum atomic E-state index is 12.5. The SMILES string of the molecule is CCCCCCc1cccc(CCCCCP(=O)(O)OC(CC(=O)O)C(O)[N+](C)(C)C)c1. The zero-order chi connectivity index (χ0) is 24.2. The molecular weight excluding hydrogens is 429 g/mol. The fourth-order valence-corrected chi connectivity index (χ4v) is 4.98. The van der Waals surface area contributed by atoms with Crippen LogP contribution in [0.2, 0.25) is 0 Å². The Balaban J connectivity index is 2.45. The Kier molecular flexibility index (Phi) is 12.7. The molecule has 1 rings (SSSR count). The summed E-state index contributed by atoms with van der Waals surface area (Å²) in [6, 6.07) is 8.65. The molecule has 184 valence electrons. The minimum Gasteiger partial charge on any atom is -0.481 e. The van der Waals surface area contributed by atoms with E-state index in [2.05, 4.69) is 31.2 Å². The van der Waals surface area contributed by atoms with Crippen molar-refractivity contribution in [1.82, 2.24) is 0 Å². The number of aliphatic hydroxyl groups excluding tert-OH is 1. The lowest BCUT2D eigenvalue weighted by molar-refractivity contribution is -0.922. The Morgan fingerprint density at radius 3 is 2.09 bits per heavy atom. The first kappa shape index (κ1) is 28.8. The van der Waals surface area contributed by atoms with Crippen molar-refractivity contribution in [2.45, 2.75) is 83.5 Å². The van der Waals surface area contributed by atoms with Crippen LogP contribution in [0.25, 0.3) is 0 Å². The highest BCUT2D eigenvalue weighted by Crippen LogP contribution is 2.45. The maximum absolute atomic E-state index is 12.5. The van der Waals surface area contributed by atoms with Crippen LogP contribution in [-0.4, -0.2) is 65.2 Å². The van der Waals surface area contributed by atoms with Crippen LogP contribution in [0.5, 0.6) is 0 Å². The number of aliphatic hydroxyl groups is 1. The third kappa shape index (κ3) is 12.1. The molecule has 0 saturated carbocycles. The highest BCUT2D eigenvalue weighted by molar-refractivity contribution is 7.52. The number of likely N-dealkylation sites (N-methyl/N-ethyl adjacent to an activating group) is 1. The monoisotopic (exact) mass is 472 g/mol. The fourth-order valence-electron chi connectivity index (χ4n) is 3.65. The Labute approximate surface area is 193 Å². The second-order valence-corrected chi connectivity index (χ2v) is 11.5. The van der Waals surface area contributed by atoms with Gasteiger partial charge in [-0.05, 0) is 43.2 Å². The molecule has 3 N–H and O–H groups in total. The molecule has 3 unspecified atom stereocenters. The van der Waals surface area contributed by atoms with Gasteiger partial charge in [-0.25, -0.2) is 0 Å². The van der Waals surface area contributed by atoms with Crippen molar-refractivity contribution in [1.29, 1.82) is 0 Å². The van der Waals surface area contributed by atoms with E-state index in [1.165, 1.54) is 36.8 Å². The molecule has 0 saturated heterocycles. The molecule has 0 aliphatic rings. The van der Waals surface area contributed by atoms with Crippen molar-refractivity contribution in [3.8, 4) is 0 Å². The summed E-state index contributed by atoms with van der Waals surface area (Å²) in [6.45, 7) is 2.21. The molecule has 0 amide bonds. The number of quaternary nitrogens is 1. The highest BCUT2D eigenvalue weighted by atomic mass is 31.2. The van der Waals surface area contributed by atoms with Gasteiger partial charge >= 0.3 is 13.6 Å². The van der Waals surface area contributed by atoms with E-state index < -0.39 is 32.3 Å². The summed E-state index contributed by atoms with van der Waals surface area (Å²) in [6.07, 6.45) is 6.16. The second kappa shape index (κ2) is 14.1. The van der Waals surface area contributed by atoms with Gasteiger partial charge in [0.25, 0.3) is 0 Å². The van der Waals surface area contributed by atoms with Crippen molar-refractivity contribution in [3.05, 3.63) is 35.4 Å². The molecule has 0 bridgehead atoms. The maximum Gasteiger partial charge on any atom is 0.328 e. The summed E-state index contributed by atoms with van der Waals surface area (Å²) >= 11 is 0. The standard InChI is InChI=1S/C24H42NO6P/c1-5-6-7-9-13-20-15-12-16-21(18-20)14-10-8-11-17-32(29,30)31-22(19-23(26)27)24(28)25(2,3)4/h12,15-16,18,22,24,28H,5-11,13-14,17,19H2,1-4H3,(H-,26,27,29,30)/p+1. The van der Waals surface area contributed by atoms with Crippen LogP contribution in [0.4, 0.5) is 0 Å². The molecule has 0 aliphatic heterocycles. The lowest BCUT2D eigenvalue weighted by atomic mass is 10.0. The van der Waals surface area contributed by atoms with Crippen LogP contribution in [0.1, 0.15) is 69.4 Å². The molecule has 7 nitrogen and oxygen atoms in total. The van der Waals surface area contributed by atoms with Crippen LogP contribution in [0.3, 0.4) is 0 Å². The van der Waals surface area contributed by atoms with Gasteiger partial charge in [0.15, 0.2) is 6.10 Å². The number of carbonyl (C=O) groups is 1. The lowest BCUT2D eigenvalue weighted by Crippen LogP contribution is -2.52. The first-order valence-corrected chi connectivity index (χ1v) is 13.5. The zero-order valence-electron chi connectivity index (χ0n) is 20.2. The van der Waals surface area contributed by atoms with Crippen molar-refractivity contribution >= 4 is 13.6 Å². The van der Waals surface area contributed by atoms with Crippen molar-refractivity contribution < 1.29 is 33.5 Å². The lowest BCUT2D eigenvalue weighted by Gasteiger charge is -2.35. The summed E-state index contributed by atoms with van der Waals surface area (Å²) in [5, 5.41) is 19.4. The summed E-state index contributed by atoms with van der Waals surface area (Å²) in [5.74, 6) is -1.19. The van der Waals surface area contributed by atoms with Crippen molar-refractivity contribution in [3.63, 3.8) is 0 Å². The predicted molar refractivity (Wildman–Crippen MR) is 128 cm³/mol. The Hall–Kier alpha value is -1.24. The van der Waals surface area contributed by atoms with Gasteiger partial charge in [0.1, 0.15) is 0 Å². The van der Waals surface area contributed by atoms with Crippen molar-refractivity contribution in [2.24, 2.45) is 0 Å². The third-order valence-electron chi connectivity index (χ3n) is 5.52. The van der Waals surface area contributed by atoms with Crippen LogP contribution in [0.15, 0.2) is 24.3 Å². The van der Waals surface area contributed by atoms with Gasteiger partial charge in [-0.3, -0.25) is 13.9 Å². The van der Waals surface area contributed by atoms with E-state index in [1.807, 2.05) is 0 Å². The topological polar surface area (TPSA) is 104 Å². The molecule has 0 aromatic heterocycles.